The lowest BCUT2D eigenvalue weighted by molar-refractivity contribution is 0.412. The van der Waals surface area contributed by atoms with Crippen molar-refractivity contribution in [2.24, 2.45) is 0 Å². The Hall–Kier alpha value is -1.13. The van der Waals surface area contributed by atoms with Crippen molar-refractivity contribution < 1.29 is 4.42 Å². The van der Waals surface area contributed by atoms with Crippen molar-refractivity contribution in [3.05, 3.63) is 40.8 Å². The number of rotatable bonds is 4. The summed E-state index contributed by atoms with van der Waals surface area (Å²) in [5, 5.41) is 3.42. The average Bonchev–Trinajstić information content (AvgIpc) is 2.77. The van der Waals surface area contributed by atoms with E-state index in [9.17, 15) is 0 Å². The predicted molar refractivity (Wildman–Crippen MR) is 81.1 cm³/mol. The van der Waals surface area contributed by atoms with Crippen LogP contribution in [-0.4, -0.2) is 17.1 Å². The van der Waals surface area contributed by atoms with Gasteiger partial charge in [0.05, 0.1) is 6.20 Å². The van der Waals surface area contributed by atoms with Gasteiger partial charge in [0, 0.05) is 28.5 Å². The van der Waals surface area contributed by atoms with Crippen LogP contribution in [0.25, 0.3) is 11.3 Å². The van der Waals surface area contributed by atoms with Crippen LogP contribution in [-0.2, 0) is 6.42 Å². The zero-order valence-electron chi connectivity index (χ0n) is 11.5. The molecule has 2 aromatic rings. The summed E-state index contributed by atoms with van der Waals surface area (Å²) in [4.78, 5) is 4.32. The minimum atomic E-state index is 0.126. The van der Waals surface area contributed by atoms with Crippen molar-refractivity contribution in [2.75, 3.05) is 6.54 Å². The molecular formula is C15H19BrN2O. The van der Waals surface area contributed by atoms with Gasteiger partial charge in [-0.2, -0.15) is 0 Å². The summed E-state index contributed by atoms with van der Waals surface area (Å²) in [5.74, 6) is 1.59. The highest BCUT2D eigenvalue weighted by Gasteiger charge is 2.10. The Balaban J connectivity index is 1.97. The summed E-state index contributed by atoms with van der Waals surface area (Å²) in [7, 11) is 0. The maximum Gasteiger partial charge on any atom is 0.196 e. The minimum Gasteiger partial charge on any atom is -0.441 e. The molecule has 0 spiro atoms. The Bertz CT molecular complexity index is 526. The summed E-state index contributed by atoms with van der Waals surface area (Å²) < 4.78 is 6.82. The van der Waals surface area contributed by atoms with Crippen LogP contribution >= 0.6 is 15.9 Å². The highest BCUT2D eigenvalue weighted by atomic mass is 79.9. The first-order valence-corrected chi connectivity index (χ1v) is 7.19. The summed E-state index contributed by atoms with van der Waals surface area (Å²) in [6.45, 7) is 7.31. The van der Waals surface area contributed by atoms with Gasteiger partial charge in [-0.25, -0.2) is 4.98 Å². The second-order valence-corrected chi connectivity index (χ2v) is 6.47. The van der Waals surface area contributed by atoms with Crippen LogP contribution < -0.4 is 5.32 Å². The quantitative estimate of drug-likeness (QED) is 0.923. The maximum atomic E-state index is 5.76. The summed E-state index contributed by atoms with van der Waals surface area (Å²) in [5.41, 5.74) is 1.17. The Morgan fingerprint density at radius 3 is 2.53 bits per heavy atom. The highest BCUT2D eigenvalue weighted by Crippen LogP contribution is 2.22. The summed E-state index contributed by atoms with van der Waals surface area (Å²) in [6, 6.07) is 8.03. The molecule has 1 aromatic heterocycles. The van der Waals surface area contributed by atoms with E-state index in [0.717, 1.165) is 34.7 Å². The van der Waals surface area contributed by atoms with Crippen molar-refractivity contribution >= 4 is 15.9 Å². The fraction of sp³-hybridized carbons (Fsp3) is 0.400. The molecule has 1 aromatic carbocycles. The fourth-order valence-corrected chi connectivity index (χ4v) is 1.98. The van der Waals surface area contributed by atoms with Gasteiger partial charge in [-0.05, 0) is 32.9 Å². The largest absolute Gasteiger partial charge is 0.441 e. The first-order chi connectivity index (χ1) is 8.94. The molecule has 1 heterocycles. The van der Waals surface area contributed by atoms with Crippen LogP contribution in [0.1, 0.15) is 26.7 Å². The van der Waals surface area contributed by atoms with Crippen LogP contribution in [0.5, 0.6) is 0 Å². The van der Waals surface area contributed by atoms with Crippen LogP contribution in [0, 0.1) is 0 Å². The number of nitrogens with zero attached hydrogens (tertiary/aromatic N) is 1. The molecule has 2 rings (SSSR count). The number of halogens is 1. The molecule has 3 nitrogen and oxygen atoms in total. The van der Waals surface area contributed by atoms with Gasteiger partial charge in [0.25, 0.3) is 0 Å². The molecule has 0 aliphatic heterocycles. The van der Waals surface area contributed by atoms with Gasteiger partial charge in [0.15, 0.2) is 11.7 Å². The summed E-state index contributed by atoms with van der Waals surface area (Å²) in [6.07, 6.45) is 2.59. The van der Waals surface area contributed by atoms with Crippen molar-refractivity contribution in [1.29, 1.82) is 0 Å². The van der Waals surface area contributed by atoms with Crippen LogP contribution in [0.3, 0.4) is 0 Å². The topological polar surface area (TPSA) is 38.1 Å². The third-order valence-corrected chi connectivity index (χ3v) is 3.21. The Morgan fingerprint density at radius 2 is 1.89 bits per heavy atom. The Morgan fingerprint density at radius 1 is 1.21 bits per heavy atom. The molecule has 0 amide bonds. The van der Waals surface area contributed by atoms with Gasteiger partial charge < -0.3 is 9.73 Å². The molecule has 0 unspecified atom stereocenters. The normalized spacial score (nSPS) is 11.8. The van der Waals surface area contributed by atoms with Crippen molar-refractivity contribution in [1.82, 2.24) is 10.3 Å². The molecular weight excluding hydrogens is 304 g/mol. The van der Waals surface area contributed by atoms with E-state index in [2.05, 4.69) is 47.0 Å². The molecule has 4 heteroatoms. The van der Waals surface area contributed by atoms with E-state index in [-0.39, 0.29) is 5.54 Å². The number of hydrogen-bond acceptors (Lipinski definition) is 3. The zero-order valence-corrected chi connectivity index (χ0v) is 13.1. The molecule has 0 bridgehead atoms. The molecule has 19 heavy (non-hydrogen) atoms. The third kappa shape index (κ3) is 4.48. The van der Waals surface area contributed by atoms with E-state index in [1.165, 1.54) is 0 Å². The van der Waals surface area contributed by atoms with Gasteiger partial charge in [-0.1, -0.05) is 28.1 Å². The number of hydrogen-bond donors (Lipinski definition) is 1. The van der Waals surface area contributed by atoms with Gasteiger partial charge in [0.1, 0.15) is 0 Å². The minimum absolute atomic E-state index is 0.126. The molecule has 0 saturated carbocycles. The maximum absolute atomic E-state index is 5.76. The summed E-state index contributed by atoms with van der Waals surface area (Å²) >= 11 is 3.42. The molecule has 0 atom stereocenters. The van der Waals surface area contributed by atoms with E-state index in [4.69, 9.17) is 4.42 Å². The van der Waals surface area contributed by atoms with Gasteiger partial charge >= 0.3 is 0 Å². The standard InChI is InChI=1S/C15H19BrN2O/c1-15(2,3)18-9-8-14-17-10-13(19-14)11-4-6-12(16)7-5-11/h4-7,10,18H,8-9H2,1-3H3. The third-order valence-electron chi connectivity index (χ3n) is 2.68. The first kappa shape index (κ1) is 14.3. The second kappa shape index (κ2) is 5.88. The van der Waals surface area contributed by atoms with E-state index in [0.29, 0.717) is 0 Å². The number of benzene rings is 1. The number of aromatic nitrogens is 1. The molecule has 102 valence electrons. The monoisotopic (exact) mass is 322 g/mol. The average molecular weight is 323 g/mol. The predicted octanol–water partition coefficient (Wildman–Crippen LogP) is 4.03. The van der Waals surface area contributed by atoms with Crippen molar-refractivity contribution in [3.8, 4) is 11.3 Å². The van der Waals surface area contributed by atoms with E-state index < -0.39 is 0 Å². The molecule has 0 aliphatic carbocycles. The molecule has 0 radical (unpaired) electrons. The van der Waals surface area contributed by atoms with Crippen LogP contribution in [0.2, 0.25) is 0 Å². The van der Waals surface area contributed by atoms with Crippen LogP contribution in [0.15, 0.2) is 39.4 Å². The highest BCUT2D eigenvalue weighted by molar-refractivity contribution is 9.10. The van der Waals surface area contributed by atoms with Crippen molar-refractivity contribution in [3.63, 3.8) is 0 Å². The van der Waals surface area contributed by atoms with E-state index in [1.807, 2.05) is 24.3 Å². The lowest BCUT2D eigenvalue weighted by Crippen LogP contribution is -2.37. The molecule has 0 saturated heterocycles. The van der Waals surface area contributed by atoms with Gasteiger partial charge in [0.2, 0.25) is 0 Å². The van der Waals surface area contributed by atoms with E-state index >= 15 is 0 Å². The lowest BCUT2D eigenvalue weighted by atomic mass is 10.1. The van der Waals surface area contributed by atoms with Crippen molar-refractivity contribution in [2.45, 2.75) is 32.7 Å². The van der Waals surface area contributed by atoms with E-state index in [1.54, 1.807) is 6.20 Å². The molecule has 0 aliphatic rings. The Labute approximate surface area is 122 Å². The second-order valence-electron chi connectivity index (χ2n) is 5.55. The smallest absolute Gasteiger partial charge is 0.196 e. The Kier molecular flexibility index (Phi) is 4.42. The fourth-order valence-electron chi connectivity index (χ4n) is 1.72. The zero-order chi connectivity index (χ0) is 13.9. The molecule has 0 fully saturated rings. The van der Waals surface area contributed by atoms with Gasteiger partial charge in [-0.15, -0.1) is 0 Å². The van der Waals surface area contributed by atoms with Crippen LogP contribution in [0.4, 0.5) is 0 Å². The lowest BCUT2D eigenvalue weighted by Gasteiger charge is -2.19. The SMILES string of the molecule is CC(C)(C)NCCc1ncc(-c2ccc(Br)cc2)o1. The molecule has 1 N–H and O–H groups in total. The first-order valence-electron chi connectivity index (χ1n) is 6.40. The van der Waals surface area contributed by atoms with Gasteiger partial charge in [-0.3, -0.25) is 0 Å². The number of nitrogens with one attached hydrogen (secondary N) is 1. The number of oxazole rings is 1.